The zero-order chi connectivity index (χ0) is 13.1. The Bertz CT molecular complexity index is 520. The predicted octanol–water partition coefficient (Wildman–Crippen LogP) is 3.86. The Balaban J connectivity index is 2.15. The summed E-state index contributed by atoms with van der Waals surface area (Å²) in [7, 11) is 0. The van der Waals surface area contributed by atoms with E-state index in [1.54, 1.807) is 12.1 Å². The lowest BCUT2D eigenvalue weighted by molar-refractivity contribution is 0.576. The maximum atomic E-state index is 13.0. The summed E-state index contributed by atoms with van der Waals surface area (Å²) in [5, 5.41) is 0.628. The number of nitrogens with two attached hydrogens (primary N) is 1. The molecule has 1 unspecified atom stereocenters. The molecule has 0 aliphatic carbocycles. The van der Waals surface area contributed by atoms with Crippen molar-refractivity contribution >= 4 is 11.6 Å². The monoisotopic (exact) mass is 267 g/mol. The van der Waals surface area contributed by atoms with Gasteiger partial charge in [-0.05, 0) is 41.8 Å². The Morgan fingerprint density at radius 3 is 2.11 bits per heavy atom. The third kappa shape index (κ3) is 3.28. The van der Waals surface area contributed by atoms with Crippen LogP contribution >= 0.6 is 11.6 Å². The molecule has 0 radical (unpaired) electrons. The first-order chi connectivity index (χ1) is 8.54. The van der Waals surface area contributed by atoms with Crippen molar-refractivity contribution in [1.29, 1.82) is 0 Å². The van der Waals surface area contributed by atoms with E-state index < -0.39 is 11.6 Å². The Kier molecular flexibility index (Phi) is 3.94. The van der Waals surface area contributed by atoms with E-state index >= 15 is 0 Å². The van der Waals surface area contributed by atoms with E-state index in [1.165, 1.54) is 12.1 Å². The normalized spacial score (nSPS) is 12.4. The van der Waals surface area contributed by atoms with Gasteiger partial charge < -0.3 is 5.73 Å². The van der Waals surface area contributed by atoms with Gasteiger partial charge in [0.2, 0.25) is 0 Å². The van der Waals surface area contributed by atoms with Crippen molar-refractivity contribution in [3.8, 4) is 0 Å². The zero-order valence-corrected chi connectivity index (χ0v) is 10.3. The molecule has 0 heterocycles. The van der Waals surface area contributed by atoms with Gasteiger partial charge in [0.25, 0.3) is 0 Å². The lowest BCUT2D eigenvalue weighted by atomic mass is 10.00. The van der Waals surface area contributed by atoms with Crippen molar-refractivity contribution in [3.63, 3.8) is 0 Å². The average molecular weight is 268 g/mol. The second-order valence-electron chi connectivity index (χ2n) is 4.14. The van der Waals surface area contributed by atoms with Gasteiger partial charge in [-0.3, -0.25) is 0 Å². The molecule has 1 atom stereocenters. The lowest BCUT2D eigenvalue weighted by Gasteiger charge is -2.12. The van der Waals surface area contributed by atoms with Crippen LogP contribution in [0.5, 0.6) is 0 Å². The summed E-state index contributed by atoms with van der Waals surface area (Å²) in [6.07, 6.45) is 0.371. The van der Waals surface area contributed by atoms with Gasteiger partial charge in [0.1, 0.15) is 11.6 Å². The van der Waals surface area contributed by atoms with E-state index in [4.69, 9.17) is 17.3 Å². The quantitative estimate of drug-likeness (QED) is 0.898. The fourth-order valence-electron chi connectivity index (χ4n) is 1.81. The van der Waals surface area contributed by atoms with Gasteiger partial charge in [-0.2, -0.15) is 0 Å². The van der Waals surface area contributed by atoms with Crippen LogP contribution in [0.2, 0.25) is 5.02 Å². The number of rotatable bonds is 3. The number of hydrogen-bond donors (Lipinski definition) is 1. The minimum absolute atomic E-state index is 0.316. The molecule has 2 rings (SSSR count). The van der Waals surface area contributed by atoms with E-state index in [1.807, 2.05) is 12.1 Å². The molecular formula is C14H12ClF2N. The molecule has 0 amide bonds. The molecule has 1 nitrogen and oxygen atoms in total. The molecule has 0 aromatic heterocycles. The number of hydrogen-bond acceptors (Lipinski definition) is 1. The summed E-state index contributed by atoms with van der Waals surface area (Å²) in [4.78, 5) is 0. The smallest absolute Gasteiger partial charge is 0.126 e. The molecule has 0 fully saturated rings. The van der Waals surface area contributed by atoms with Crippen LogP contribution in [0.3, 0.4) is 0 Å². The van der Waals surface area contributed by atoms with E-state index in [2.05, 4.69) is 0 Å². The fourth-order valence-corrected chi connectivity index (χ4v) is 1.94. The van der Waals surface area contributed by atoms with E-state index in [0.717, 1.165) is 11.6 Å². The molecule has 0 saturated carbocycles. The molecule has 0 aliphatic heterocycles. The van der Waals surface area contributed by atoms with Crippen LogP contribution in [0, 0.1) is 11.6 Å². The molecular weight excluding hydrogens is 256 g/mol. The Hall–Kier alpha value is -1.45. The number of benzene rings is 2. The van der Waals surface area contributed by atoms with Crippen LogP contribution in [0.25, 0.3) is 0 Å². The van der Waals surface area contributed by atoms with E-state index in [-0.39, 0.29) is 6.04 Å². The van der Waals surface area contributed by atoms with Gasteiger partial charge in [0.15, 0.2) is 0 Å². The molecule has 0 bridgehead atoms. The SMILES string of the molecule is NC(Cc1cc(F)cc(F)c1)c1ccc(Cl)cc1. The topological polar surface area (TPSA) is 26.0 Å². The molecule has 0 aliphatic rings. The highest BCUT2D eigenvalue weighted by molar-refractivity contribution is 6.30. The maximum absolute atomic E-state index is 13.0. The molecule has 2 aromatic rings. The summed E-state index contributed by atoms with van der Waals surface area (Å²) >= 11 is 5.78. The molecule has 2 N–H and O–H groups in total. The van der Waals surface area contributed by atoms with Crippen molar-refractivity contribution in [2.45, 2.75) is 12.5 Å². The van der Waals surface area contributed by atoms with Crippen LogP contribution in [0.15, 0.2) is 42.5 Å². The second kappa shape index (κ2) is 5.46. The fraction of sp³-hybridized carbons (Fsp3) is 0.143. The van der Waals surface area contributed by atoms with Crippen molar-refractivity contribution < 1.29 is 8.78 Å². The summed E-state index contributed by atoms with van der Waals surface area (Å²) in [5.74, 6) is -1.18. The Morgan fingerprint density at radius 1 is 1.00 bits per heavy atom. The highest BCUT2D eigenvalue weighted by Crippen LogP contribution is 2.19. The van der Waals surface area contributed by atoms with Gasteiger partial charge in [0, 0.05) is 17.1 Å². The van der Waals surface area contributed by atoms with Gasteiger partial charge in [-0.1, -0.05) is 23.7 Å². The second-order valence-corrected chi connectivity index (χ2v) is 4.58. The Labute approximate surface area is 109 Å². The third-order valence-electron chi connectivity index (χ3n) is 2.68. The van der Waals surface area contributed by atoms with Crippen molar-refractivity contribution in [3.05, 3.63) is 70.2 Å². The van der Waals surface area contributed by atoms with Crippen LogP contribution < -0.4 is 5.73 Å². The van der Waals surface area contributed by atoms with Crippen molar-refractivity contribution in [1.82, 2.24) is 0 Å². The summed E-state index contributed by atoms with van der Waals surface area (Å²) in [6, 6.07) is 10.2. The van der Waals surface area contributed by atoms with Gasteiger partial charge >= 0.3 is 0 Å². The van der Waals surface area contributed by atoms with E-state index in [9.17, 15) is 8.78 Å². The summed E-state index contributed by atoms with van der Waals surface area (Å²) < 4.78 is 26.1. The third-order valence-corrected chi connectivity index (χ3v) is 2.93. The first kappa shape index (κ1) is 13.0. The van der Waals surface area contributed by atoms with Crippen molar-refractivity contribution in [2.75, 3.05) is 0 Å². The molecule has 0 spiro atoms. The molecule has 94 valence electrons. The first-order valence-electron chi connectivity index (χ1n) is 5.50. The zero-order valence-electron chi connectivity index (χ0n) is 9.54. The summed E-state index contributed by atoms with van der Waals surface area (Å²) in [6.45, 7) is 0. The van der Waals surface area contributed by atoms with Gasteiger partial charge in [-0.15, -0.1) is 0 Å². The Morgan fingerprint density at radius 2 is 1.56 bits per heavy atom. The van der Waals surface area contributed by atoms with Crippen LogP contribution in [-0.4, -0.2) is 0 Å². The lowest BCUT2D eigenvalue weighted by Crippen LogP contribution is -2.13. The minimum Gasteiger partial charge on any atom is -0.324 e. The maximum Gasteiger partial charge on any atom is 0.126 e. The van der Waals surface area contributed by atoms with Gasteiger partial charge in [0.05, 0.1) is 0 Å². The largest absolute Gasteiger partial charge is 0.324 e. The molecule has 18 heavy (non-hydrogen) atoms. The predicted molar refractivity (Wildman–Crippen MR) is 68.4 cm³/mol. The van der Waals surface area contributed by atoms with E-state index in [0.29, 0.717) is 17.0 Å². The average Bonchev–Trinajstić information content (AvgIpc) is 2.28. The highest BCUT2D eigenvalue weighted by Gasteiger charge is 2.09. The van der Waals surface area contributed by atoms with Crippen LogP contribution in [0.1, 0.15) is 17.2 Å². The van der Waals surface area contributed by atoms with Crippen LogP contribution in [-0.2, 0) is 6.42 Å². The highest BCUT2D eigenvalue weighted by atomic mass is 35.5. The van der Waals surface area contributed by atoms with Gasteiger partial charge in [-0.25, -0.2) is 8.78 Å². The molecule has 2 aromatic carbocycles. The minimum atomic E-state index is -0.590. The van der Waals surface area contributed by atoms with Crippen LogP contribution in [0.4, 0.5) is 8.78 Å². The summed E-state index contributed by atoms with van der Waals surface area (Å²) in [5.41, 5.74) is 7.41. The molecule has 4 heteroatoms. The molecule has 0 saturated heterocycles. The number of halogens is 3. The standard InChI is InChI=1S/C14H12ClF2N/c15-11-3-1-10(2-4-11)14(18)7-9-5-12(16)8-13(17)6-9/h1-6,8,14H,7,18H2. The first-order valence-corrected chi connectivity index (χ1v) is 5.88. The van der Waals surface area contributed by atoms with Crippen molar-refractivity contribution in [2.24, 2.45) is 5.73 Å².